The monoisotopic (exact) mass is 579 g/mol. The molecule has 11 nitrogen and oxygen atoms in total. The Balaban J connectivity index is 2.04. The van der Waals surface area contributed by atoms with Crippen LogP contribution in [0.4, 0.5) is 11.4 Å². The van der Waals surface area contributed by atoms with Crippen LogP contribution in [0.15, 0.2) is 70.7 Å². The third-order valence-corrected chi connectivity index (χ3v) is 8.21. The van der Waals surface area contributed by atoms with Crippen LogP contribution in [0.3, 0.4) is 0 Å². The summed E-state index contributed by atoms with van der Waals surface area (Å²) in [4.78, 5) is 13.2. The van der Waals surface area contributed by atoms with Gasteiger partial charge in [0.15, 0.2) is 0 Å². The van der Waals surface area contributed by atoms with E-state index in [2.05, 4.69) is 10.5 Å². The van der Waals surface area contributed by atoms with E-state index in [9.17, 15) is 21.6 Å². The summed E-state index contributed by atoms with van der Waals surface area (Å²) in [7, 11) is -6.75. The van der Waals surface area contributed by atoms with Gasteiger partial charge in [-0.25, -0.2) is 26.3 Å². The first-order chi connectivity index (χ1) is 17.7. The first kappa shape index (κ1) is 28.9. The van der Waals surface area contributed by atoms with Crippen LogP contribution in [0.25, 0.3) is 11.1 Å². The molecule has 202 valence electrons. The molecule has 0 aliphatic heterocycles. The fourth-order valence-electron chi connectivity index (χ4n) is 3.77. The molecule has 0 aliphatic carbocycles. The van der Waals surface area contributed by atoms with Crippen molar-refractivity contribution in [3.63, 3.8) is 0 Å². The number of halogens is 1. The Morgan fingerprint density at radius 1 is 1.13 bits per heavy atom. The number of benzene rings is 3. The number of hydrogen-bond acceptors (Lipinski definition) is 9. The molecule has 6 N–H and O–H groups in total. The average molecular weight is 580 g/mol. The first-order valence-electron chi connectivity index (χ1n) is 10.9. The summed E-state index contributed by atoms with van der Waals surface area (Å²) in [6, 6.07) is 14.5. The number of nitrogens with one attached hydrogen (secondary N) is 1. The Kier molecular flexibility index (Phi) is 8.67. The minimum absolute atomic E-state index is 0.0442. The molecule has 3 aromatic rings. The zero-order valence-corrected chi connectivity index (χ0v) is 22.8. The fraction of sp³-hybridized carbons (Fsp3) is 0.167. The molecule has 0 aromatic heterocycles. The number of primary sulfonamides is 1. The summed E-state index contributed by atoms with van der Waals surface area (Å²) in [5.74, 6) is -0.776. The van der Waals surface area contributed by atoms with Crippen molar-refractivity contribution in [3.05, 3.63) is 76.8 Å². The Bertz CT molecular complexity index is 1610. The van der Waals surface area contributed by atoms with Gasteiger partial charge in [0.05, 0.1) is 28.1 Å². The highest BCUT2D eigenvalue weighted by atomic mass is 35.5. The minimum Gasteiger partial charge on any atom is -0.411 e. The molecule has 0 bridgehead atoms. The largest absolute Gasteiger partial charge is 0.411 e. The number of carbonyl (C=O) groups is 1. The van der Waals surface area contributed by atoms with Crippen molar-refractivity contribution < 1.29 is 26.8 Å². The van der Waals surface area contributed by atoms with Crippen molar-refractivity contribution >= 4 is 55.1 Å². The second-order valence-electron chi connectivity index (χ2n) is 8.37. The van der Waals surface area contributed by atoms with Crippen molar-refractivity contribution in [2.24, 2.45) is 10.3 Å². The highest BCUT2D eigenvalue weighted by molar-refractivity contribution is 7.89. The van der Waals surface area contributed by atoms with Crippen LogP contribution in [-0.4, -0.2) is 57.8 Å². The normalized spacial score (nSPS) is 12.8. The maximum atomic E-state index is 13.3. The number of hydrogen-bond donors (Lipinski definition) is 4. The Morgan fingerprint density at radius 3 is 2.42 bits per heavy atom. The number of nitrogens with two attached hydrogens (primary N) is 2. The topological polar surface area (TPSA) is 185 Å². The summed E-state index contributed by atoms with van der Waals surface area (Å²) < 4.78 is 48.9. The number of anilines is 2. The van der Waals surface area contributed by atoms with Gasteiger partial charge >= 0.3 is 0 Å². The third kappa shape index (κ3) is 6.61. The van der Waals surface area contributed by atoms with E-state index in [0.29, 0.717) is 32.2 Å². The fourth-order valence-corrected chi connectivity index (χ4v) is 5.22. The number of oxime groups is 1. The van der Waals surface area contributed by atoms with Gasteiger partial charge < -0.3 is 16.3 Å². The lowest BCUT2D eigenvalue weighted by atomic mass is 9.98. The maximum Gasteiger partial charge on any atom is 0.258 e. The molecule has 0 spiro atoms. The van der Waals surface area contributed by atoms with Crippen molar-refractivity contribution in [2.45, 2.75) is 17.4 Å². The number of carbonyl (C=O) groups excluding carboxylic acids is 1. The third-order valence-electron chi connectivity index (χ3n) is 5.75. The predicted molar refractivity (Wildman–Crippen MR) is 147 cm³/mol. The lowest BCUT2D eigenvalue weighted by molar-refractivity contribution is -0.126. The SMILES string of the molecule is CN(C(=O)[C@H](Cc1cccc(N)c1C=NO)Nc1ccc(-c2ccccc2S(N)(=O)=O)cc1Cl)S(C)(=O)=O. The van der Waals surface area contributed by atoms with Crippen molar-refractivity contribution in [3.8, 4) is 11.1 Å². The molecule has 3 aromatic carbocycles. The predicted octanol–water partition coefficient (Wildman–Crippen LogP) is 2.49. The average Bonchev–Trinajstić information content (AvgIpc) is 2.84. The van der Waals surface area contributed by atoms with E-state index in [-0.39, 0.29) is 22.0 Å². The van der Waals surface area contributed by atoms with Crippen LogP contribution < -0.4 is 16.2 Å². The molecule has 1 atom stereocenters. The van der Waals surface area contributed by atoms with Crippen LogP contribution >= 0.6 is 11.6 Å². The van der Waals surface area contributed by atoms with E-state index < -0.39 is 32.0 Å². The quantitative estimate of drug-likeness (QED) is 0.129. The highest BCUT2D eigenvalue weighted by Gasteiger charge is 2.29. The number of sulfonamides is 2. The summed E-state index contributed by atoms with van der Waals surface area (Å²) in [6.45, 7) is 0. The zero-order chi connectivity index (χ0) is 28.3. The van der Waals surface area contributed by atoms with Crippen LogP contribution in [0.5, 0.6) is 0 Å². The van der Waals surface area contributed by atoms with E-state index in [0.717, 1.165) is 19.5 Å². The molecule has 1 amide bonds. The molecule has 0 radical (unpaired) electrons. The van der Waals surface area contributed by atoms with Gasteiger partial charge in [0.2, 0.25) is 20.0 Å². The molecule has 0 saturated heterocycles. The van der Waals surface area contributed by atoms with Crippen molar-refractivity contribution in [2.75, 3.05) is 24.4 Å². The highest BCUT2D eigenvalue weighted by Crippen LogP contribution is 2.33. The first-order valence-corrected chi connectivity index (χ1v) is 14.7. The van der Waals surface area contributed by atoms with Crippen LogP contribution in [-0.2, 0) is 31.3 Å². The second kappa shape index (κ2) is 11.4. The molecule has 0 saturated carbocycles. The van der Waals surface area contributed by atoms with E-state index in [1.807, 2.05) is 0 Å². The van der Waals surface area contributed by atoms with E-state index in [1.165, 1.54) is 18.2 Å². The second-order valence-corrected chi connectivity index (χ2v) is 12.3. The molecule has 0 fully saturated rings. The van der Waals surface area contributed by atoms with Gasteiger partial charge in [-0.3, -0.25) is 4.79 Å². The van der Waals surface area contributed by atoms with E-state index in [4.69, 9.17) is 27.7 Å². The minimum atomic E-state index is -4.01. The van der Waals surface area contributed by atoms with E-state index >= 15 is 0 Å². The van der Waals surface area contributed by atoms with Gasteiger partial charge in [-0.2, -0.15) is 0 Å². The number of nitrogen functional groups attached to an aromatic ring is 1. The van der Waals surface area contributed by atoms with Crippen LogP contribution in [0.1, 0.15) is 11.1 Å². The maximum absolute atomic E-state index is 13.3. The molecule has 0 aliphatic rings. The van der Waals surface area contributed by atoms with Gasteiger partial charge in [-0.05, 0) is 35.4 Å². The number of likely N-dealkylation sites (N-methyl/N-ethyl adjacent to an activating group) is 1. The molecule has 0 unspecified atom stereocenters. The lowest BCUT2D eigenvalue weighted by Gasteiger charge is -2.25. The summed E-state index contributed by atoms with van der Waals surface area (Å²) in [5, 5.41) is 20.5. The van der Waals surface area contributed by atoms with Gasteiger partial charge in [0.1, 0.15) is 6.04 Å². The molecular weight excluding hydrogens is 554 g/mol. The van der Waals surface area contributed by atoms with Crippen molar-refractivity contribution in [1.29, 1.82) is 0 Å². The Labute approximate surface area is 225 Å². The molecule has 38 heavy (non-hydrogen) atoms. The van der Waals surface area contributed by atoms with Crippen LogP contribution in [0.2, 0.25) is 5.02 Å². The van der Waals surface area contributed by atoms with Crippen molar-refractivity contribution in [1.82, 2.24) is 4.31 Å². The smallest absolute Gasteiger partial charge is 0.258 e. The van der Waals surface area contributed by atoms with Gasteiger partial charge in [-0.1, -0.05) is 53.2 Å². The molecular formula is C24H26ClN5O6S2. The standard InChI is InChI=1S/C24H26ClN5O6S2/c1-30(37(2,33)34)24(31)22(13-15-6-5-8-20(26)18(15)14-28-32)29-21-11-10-16(12-19(21)25)17-7-3-4-9-23(17)38(27,35)36/h3-12,14,22,29,32H,13,26H2,1-2H3,(H2,27,35,36)/t22-/m0/s1. The van der Waals surface area contributed by atoms with Gasteiger partial charge in [-0.15, -0.1) is 0 Å². The summed E-state index contributed by atoms with van der Waals surface area (Å²) >= 11 is 6.51. The van der Waals surface area contributed by atoms with Crippen LogP contribution in [0, 0.1) is 0 Å². The Hall–Kier alpha value is -3.65. The van der Waals surface area contributed by atoms with Gasteiger partial charge in [0.25, 0.3) is 5.91 Å². The molecule has 3 rings (SSSR count). The van der Waals surface area contributed by atoms with Gasteiger partial charge in [0, 0.05) is 30.3 Å². The van der Waals surface area contributed by atoms with E-state index in [1.54, 1.807) is 42.5 Å². The molecule has 0 heterocycles. The Morgan fingerprint density at radius 2 is 1.82 bits per heavy atom. The number of amides is 1. The lowest BCUT2D eigenvalue weighted by Crippen LogP contribution is -2.44. The summed E-state index contributed by atoms with van der Waals surface area (Å²) in [6.07, 6.45) is 1.98. The zero-order valence-electron chi connectivity index (χ0n) is 20.4. The summed E-state index contributed by atoms with van der Waals surface area (Å²) in [5.41, 5.74) is 8.22. The molecule has 14 heteroatoms. The number of rotatable bonds is 9. The number of nitrogens with zero attached hydrogens (tertiary/aromatic N) is 2.